The average molecular weight is 351 g/mol. The van der Waals surface area contributed by atoms with E-state index in [0.29, 0.717) is 5.69 Å². The van der Waals surface area contributed by atoms with Crippen LogP contribution < -0.4 is 10.1 Å². The van der Waals surface area contributed by atoms with Crippen molar-refractivity contribution < 1.29 is 9.66 Å². The number of ether oxygens (including phenoxy) is 1. The standard InChI is InChI=1S/C15H15BrN2O3/c1-10-8-12(16)6-7-14(10)21-9-11-4-3-5-13(18(19)20)15(11)17-2/h3-8,17H,9H2,1-2H3. The van der Waals surface area contributed by atoms with E-state index in [0.717, 1.165) is 21.3 Å². The number of hydrogen-bond donors (Lipinski definition) is 1. The number of nitro benzene ring substituents is 1. The van der Waals surface area contributed by atoms with Crippen LogP contribution in [0.5, 0.6) is 5.75 Å². The molecule has 2 aromatic rings. The molecule has 0 aromatic heterocycles. The van der Waals surface area contributed by atoms with Gasteiger partial charge in [0.15, 0.2) is 0 Å². The van der Waals surface area contributed by atoms with Crippen LogP contribution in [0.2, 0.25) is 0 Å². The van der Waals surface area contributed by atoms with Crippen molar-refractivity contribution >= 4 is 27.3 Å². The number of aryl methyl sites for hydroxylation is 1. The minimum Gasteiger partial charge on any atom is -0.489 e. The summed E-state index contributed by atoms with van der Waals surface area (Å²) in [7, 11) is 1.66. The SMILES string of the molecule is CNc1c(COc2ccc(Br)cc2C)cccc1[N+](=O)[O-]. The lowest BCUT2D eigenvalue weighted by Gasteiger charge is -2.12. The molecule has 0 amide bonds. The van der Waals surface area contributed by atoms with Crippen molar-refractivity contribution in [1.29, 1.82) is 0 Å². The minimum atomic E-state index is -0.403. The Balaban J connectivity index is 2.24. The Hall–Kier alpha value is -2.08. The van der Waals surface area contributed by atoms with E-state index in [1.165, 1.54) is 6.07 Å². The van der Waals surface area contributed by atoms with E-state index in [2.05, 4.69) is 21.2 Å². The average Bonchev–Trinajstić information content (AvgIpc) is 2.45. The summed E-state index contributed by atoms with van der Waals surface area (Å²) in [5.74, 6) is 0.756. The molecule has 0 fully saturated rings. The van der Waals surface area contributed by atoms with Gasteiger partial charge in [0, 0.05) is 23.2 Å². The molecule has 21 heavy (non-hydrogen) atoms. The van der Waals surface area contributed by atoms with E-state index in [9.17, 15) is 10.1 Å². The van der Waals surface area contributed by atoms with Crippen LogP contribution in [-0.2, 0) is 6.61 Å². The highest BCUT2D eigenvalue weighted by Gasteiger charge is 2.16. The van der Waals surface area contributed by atoms with E-state index in [1.807, 2.05) is 31.2 Å². The topological polar surface area (TPSA) is 64.4 Å². The number of benzene rings is 2. The highest BCUT2D eigenvalue weighted by atomic mass is 79.9. The number of nitrogens with zero attached hydrogens (tertiary/aromatic N) is 1. The Morgan fingerprint density at radius 2 is 2.10 bits per heavy atom. The molecule has 0 bridgehead atoms. The second-order valence-electron chi connectivity index (χ2n) is 4.52. The van der Waals surface area contributed by atoms with Crippen molar-refractivity contribution in [3.63, 3.8) is 0 Å². The molecule has 0 aliphatic rings. The van der Waals surface area contributed by atoms with Crippen LogP contribution in [0.1, 0.15) is 11.1 Å². The summed E-state index contributed by atoms with van der Waals surface area (Å²) in [4.78, 5) is 10.6. The number of anilines is 1. The molecule has 5 nitrogen and oxygen atoms in total. The van der Waals surface area contributed by atoms with Gasteiger partial charge in [0.05, 0.1) is 4.92 Å². The first-order valence-electron chi connectivity index (χ1n) is 6.36. The largest absolute Gasteiger partial charge is 0.489 e. The van der Waals surface area contributed by atoms with Crippen molar-refractivity contribution in [1.82, 2.24) is 0 Å². The zero-order valence-corrected chi connectivity index (χ0v) is 13.3. The lowest BCUT2D eigenvalue weighted by molar-refractivity contribution is -0.384. The molecule has 0 saturated carbocycles. The van der Waals surface area contributed by atoms with Crippen molar-refractivity contribution in [3.05, 3.63) is 62.1 Å². The van der Waals surface area contributed by atoms with Gasteiger partial charge in [0.2, 0.25) is 0 Å². The summed E-state index contributed by atoms with van der Waals surface area (Å²) in [6, 6.07) is 10.7. The van der Waals surface area contributed by atoms with Crippen LogP contribution in [0.3, 0.4) is 0 Å². The number of nitrogens with one attached hydrogen (secondary N) is 1. The van der Waals surface area contributed by atoms with Gasteiger partial charge in [-0.2, -0.15) is 0 Å². The van der Waals surface area contributed by atoms with Gasteiger partial charge in [-0.25, -0.2) is 0 Å². The second kappa shape index (κ2) is 6.58. The van der Waals surface area contributed by atoms with E-state index in [1.54, 1.807) is 13.1 Å². The van der Waals surface area contributed by atoms with E-state index < -0.39 is 4.92 Å². The summed E-state index contributed by atoms with van der Waals surface area (Å²) in [5, 5.41) is 13.9. The highest BCUT2D eigenvalue weighted by molar-refractivity contribution is 9.10. The third-order valence-corrected chi connectivity index (χ3v) is 3.59. The molecule has 2 rings (SSSR count). The maximum atomic E-state index is 11.0. The molecular weight excluding hydrogens is 336 g/mol. The Labute approximate surface area is 131 Å². The summed E-state index contributed by atoms with van der Waals surface area (Å²) in [6.45, 7) is 2.22. The quantitative estimate of drug-likeness (QED) is 0.645. The molecule has 0 aliphatic heterocycles. The first-order chi connectivity index (χ1) is 10.0. The fraction of sp³-hybridized carbons (Fsp3) is 0.200. The molecule has 2 aromatic carbocycles. The lowest BCUT2D eigenvalue weighted by Crippen LogP contribution is -2.04. The van der Waals surface area contributed by atoms with Crippen LogP contribution >= 0.6 is 15.9 Å². The third kappa shape index (κ3) is 3.52. The zero-order chi connectivity index (χ0) is 15.4. The molecule has 0 radical (unpaired) electrons. The van der Waals surface area contributed by atoms with Gasteiger partial charge < -0.3 is 10.1 Å². The van der Waals surface area contributed by atoms with Crippen molar-refractivity contribution in [3.8, 4) is 5.75 Å². The van der Waals surface area contributed by atoms with E-state index in [4.69, 9.17) is 4.74 Å². The molecule has 0 spiro atoms. The second-order valence-corrected chi connectivity index (χ2v) is 5.43. The normalized spacial score (nSPS) is 10.2. The zero-order valence-electron chi connectivity index (χ0n) is 11.7. The maximum Gasteiger partial charge on any atom is 0.292 e. The molecule has 6 heteroatoms. The van der Waals surface area contributed by atoms with Gasteiger partial charge in [-0.15, -0.1) is 0 Å². The van der Waals surface area contributed by atoms with E-state index in [-0.39, 0.29) is 12.3 Å². The number of hydrogen-bond acceptors (Lipinski definition) is 4. The predicted molar refractivity (Wildman–Crippen MR) is 85.9 cm³/mol. The van der Waals surface area contributed by atoms with Gasteiger partial charge in [-0.05, 0) is 30.7 Å². The van der Waals surface area contributed by atoms with Gasteiger partial charge in [-0.1, -0.05) is 28.1 Å². The van der Waals surface area contributed by atoms with E-state index >= 15 is 0 Å². The predicted octanol–water partition coefficient (Wildman–Crippen LogP) is 4.29. The first kappa shape index (κ1) is 15.3. The number of nitro groups is 1. The molecule has 0 heterocycles. The van der Waals surface area contributed by atoms with Crippen LogP contribution in [0.4, 0.5) is 11.4 Å². The van der Waals surface area contributed by atoms with Crippen molar-refractivity contribution in [2.24, 2.45) is 0 Å². The molecule has 110 valence electrons. The summed E-state index contributed by atoms with van der Waals surface area (Å²) < 4.78 is 6.76. The number of halogens is 1. The van der Waals surface area contributed by atoms with Gasteiger partial charge in [-0.3, -0.25) is 10.1 Å². The van der Waals surface area contributed by atoms with Crippen LogP contribution in [0, 0.1) is 17.0 Å². The Bertz CT molecular complexity index is 674. The molecule has 0 unspecified atom stereocenters. The fourth-order valence-electron chi connectivity index (χ4n) is 2.08. The molecule has 0 aliphatic carbocycles. The van der Waals surface area contributed by atoms with Crippen LogP contribution in [0.25, 0.3) is 0 Å². The Morgan fingerprint density at radius 1 is 1.33 bits per heavy atom. The molecule has 1 N–H and O–H groups in total. The fourth-order valence-corrected chi connectivity index (χ4v) is 2.55. The third-order valence-electron chi connectivity index (χ3n) is 3.10. The highest BCUT2D eigenvalue weighted by Crippen LogP contribution is 2.29. The first-order valence-corrected chi connectivity index (χ1v) is 7.15. The van der Waals surface area contributed by atoms with Crippen molar-refractivity contribution in [2.45, 2.75) is 13.5 Å². The van der Waals surface area contributed by atoms with Gasteiger partial charge in [0.1, 0.15) is 18.0 Å². The number of para-hydroxylation sites is 1. The molecular formula is C15H15BrN2O3. The van der Waals surface area contributed by atoms with Gasteiger partial charge in [0.25, 0.3) is 5.69 Å². The van der Waals surface area contributed by atoms with Crippen LogP contribution in [-0.4, -0.2) is 12.0 Å². The number of rotatable bonds is 5. The summed E-state index contributed by atoms with van der Waals surface area (Å²) >= 11 is 3.40. The summed E-state index contributed by atoms with van der Waals surface area (Å²) in [6.07, 6.45) is 0. The van der Waals surface area contributed by atoms with Gasteiger partial charge >= 0.3 is 0 Å². The smallest absolute Gasteiger partial charge is 0.292 e. The Morgan fingerprint density at radius 3 is 2.71 bits per heavy atom. The van der Waals surface area contributed by atoms with Crippen molar-refractivity contribution in [2.75, 3.05) is 12.4 Å². The molecule has 0 atom stereocenters. The Kier molecular flexibility index (Phi) is 4.80. The maximum absolute atomic E-state index is 11.0. The van der Waals surface area contributed by atoms with Crippen LogP contribution in [0.15, 0.2) is 40.9 Å². The lowest BCUT2D eigenvalue weighted by atomic mass is 10.1. The summed E-state index contributed by atoms with van der Waals surface area (Å²) in [5.41, 5.74) is 2.28. The molecule has 0 saturated heterocycles. The monoisotopic (exact) mass is 350 g/mol. The minimum absolute atomic E-state index is 0.0473.